The summed E-state index contributed by atoms with van der Waals surface area (Å²) in [6.07, 6.45) is 2.92. The fourth-order valence-electron chi connectivity index (χ4n) is 2.74. The summed E-state index contributed by atoms with van der Waals surface area (Å²) in [5.74, 6) is 0.170. The predicted molar refractivity (Wildman–Crippen MR) is 92.5 cm³/mol. The molecule has 1 aliphatic heterocycles. The summed E-state index contributed by atoms with van der Waals surface area (Å²) in [5.41, 5.74) is 1.00. The molecular formula is C16H13Cl2N5O3. The van der Waals surface area contributed by atoms with Crippen molar-refractivity contribution in [2.45, 2.75) is 6.04 Å². The van der Waals surface area contributed by atoms with Crippen molar-refractivity contribution in [1.29, 1.82) is 0 Å². The van der Waals surface area contributed by atoms with Crippen LogP contribution in [0.5, 0.6) is 0 Å². The molecule has 2 aromatic heterocycles. The number of hydrogen-bond acceptors (Lipinski definition) is 6. The highest BCUT2D eigenvalue weighted by Crippen LogP contribution is 2.25. The third-order valence-corrected chi connectivity index (χ3v) is 4.78. The Bertz CT molecular complexity index is 928. The van der Waals surface area contributed by atoms with E-state index in [0.29, 0.717) is 47.0 Å². The highest BCUT2D eigenvalue weighted by molar-refractivity contribution is 6.42. The zero-order chi connectivity index (χ0) is 18.1. The van der Waals surface area contributed by atoms with E-state index in [1.807, 2.05) is 0 Å². The molecule has 0 spiro atoms. The van der Waals surface area contributed by atoms with Gasteiger partial charge >= 0.3 is 0 Å². The van der Waals surface area contributed by atoms with Crippen LogP contribution in [-0.2, 0) is 4.74 Å². The van der Waals surface area contributed by atoms with Gasteiger partial charge in [-0.2, -0.15) is 10.1 Å². The summed E-state index contributed by atoms with van der Waals surface area (Å²) >= 11 is 12.0. The molecule has 3 heterocycles. The van der Waals surface area contributed by atoms with E-state index in [2.05, 4.69) is 15.2 Å². The Hall–Kier alpha value is -2.42. The lowest BCUT2D eigenvalue weighted by Crippen LogP contribution is -2.44. The van der Waals surface area contributed by atoms with Gasteiger partial charge in [0.25, 0.3) is 5.91 Å². The fraction of sp³-hybridized carbons (Fsp3) is 0.250. The molecule has 3 aromatic rings. The summed E-state index contributed by atoms with van der Waals surface area (Å²) < 4.78 is 11.8. The number of carbonyl (C=O) groups excluding carboxylic acids is 1. The number of carbonyl (C=O) groups is 1. The second-order valence-electron chi connectivity index (χ2n) is 5.62. The Morgan fingerprint density at radius 3 is 2.88 bits per heavy atom. The minimum Gasteiger partial charge on any atom is -0.377 e. The summed E-state index contributed by atoms with van der Waals surface area (Å²) in [6.45, 7) is 1.16. The van der Waals surface area contributed by atoms with Gasteiger partial charge in [-0.15, -0.1) is 0 Å². The van der Waals surface area contributed by atoms with Crippen LogP contribution in [0.3, 0.4) is 0 Å². The highest BCUT2D eigenvalue weighted by atomic mass is 35.5. The number of rotatable bonds is 3. The zero-order valence-electron chi connectivity index (χ0n) is 13.4. The number of nitrogens with zero attached hydrogens (tertiary/aromatic N) is 5. The fourth-order valence-corrected chi connectivity index (χ4v) is 3.04. The maximum absolute atomic E-state index is 12.9. The van der Waals surface area contributed by atoms with Crippen LogP contribution >= 0.6 is 23.2 Å². The Labute approximate surface area is 158 Å². The molecule has 4 rings (SSSR count). The molecule has 1 aliphatic rings. The van der Waals surface area contributed by atoms with E-state index in [1.54, 1.807) is 40.0 Å². The van der Waals surface area contributed by atoms with Crippen LogP contribution in [0.2, 0.25) is 10.0 Å². The van der Waals surface area contributed by atoms with E-state index in [-0.39, 0.29) is 5.91 Å². The van der Waals surface area contributed by atoms with Crippen LogP contribution in [0.4, 0.5) is 0 Å². The van der Waals surface area contributed by atoms with Crippen LogP contribution in [0.15, 0.2) is 41.4 Å². The van der Waals surface area contributed by atoms with Crippen molar-refractivity contribution in [2.24, 2.45) is 0 Å². The smallest absolute Gasteiger partial charge is 0.275 e. The number of amides is 1. The van der Waals surface area contributed by atoms with Gasteiger partial charge in [0.1, 0.15) is 6.04 Å². The molecule has 0 saturated carbocycles. The molecule has 1 aromatic carbocycles. The third-order valence-electron chi connectivity index (χ3n) is 4.04. The molecule has 10 heteroatoms. The minimum absolute atomic E-state index is 0.234. The van der Waals surface area contributed by atoms with E-state index < -0.39 is 6.04 Å². The van der Waals surface area contributed by atoms with Gasteiger partial charge in [0.2, 0.25) is 6.39 Å². The van der Waals surface area contributed by atoms with E-state index >= 15 is 0 Å². The van der Waals surface area contributed by atoms with Crippen LogP contribution in [0, 0.1) is 0 Å². The molecule has 134 valence electrons. The summed E-state index contributed by atoms with van der Waals surface area (Å²) in [4.78, 5) is 18.6. The summed E-state index contributed by atoms with van der Waals surface area (Å²) in [7, 11) is 0. The molecule has 1 saturated heterocycles. The number of hydrogen-bond donors (Lipinski definition) is 0. The largest absolute Gasteiger partial charge is 0.377 e. The van der Waals surface area contributed by atoms with E-state index in [1.165, 1.54) is 6.39 Å². The SMILES string of the molecule is O=C(c1ccn(-c2ccc(Cl)c(Cl)c2)n1)N1CCOC[C@@H]1c1ncon1. The maximum Gasteiger partial charge on any atom is 0.275 e. The van der Waals surface area contributed by atoms with Crippen molar-refractivity contribution in [3.05, 3.63) is 58.4 Å². The second kappa shape index (κ2) is 7.06. The topological polar surface area (TPSA) is 86.3 Å². The predicted octanol–water partition coefficient (Wildman–Crippen LogP) is 2.78. The Morgan fingerprint density at radius 1 is 1.23 bits per heavy atom. The molecule has 0 aliphatic carbocycles. The number of morpholine rings is 1. The first kappa shape index (κ1) is 17.0. The average molecular weight is 394 g/mol. The van der Waals surface area contributed by atoms with Gasteiger partial charge in [0, 0.05) is 12.7 Å². The highest BCUT2D eigenvalue weighted by Gasteiger charge is 2.33. The van der Waals surface area contributed by atoms with E-state index in [4.69, 9.17) is 32.5 Å². The van der Waals surface area contributed by atoms with Gasteiger partial charge in [-0.05, 0) is 24.3 Å². The molecule has 0 N–H and O–H groups in total. The molecular weight excluding hydrogens is 381 g/mol. The van der Waals surface area contributed by atoms with Crippen molar-refractivity contribution >= 4 is 29.1 Å². The number of aromatic nitrogens is 4. The average Bonchev–Trinajstić information content (AvgIpc) is 3.35. The molecule has 8 nitrogen and oxygen atoms in total. The first-order valence-electron chi connectivity index (χ1n) is 7.79. The molecule has 0 bridgehead atoms. The van der Waals surface area contributed by atoms with Crippen LogP contribution < -0.4 is 0 Å². The minimum atomic E-state index is -0.412. The van der Waals surface area contributed by atoms with Gasteiger partial charge in [0.15, 0.2) is 11.5 Å². The van der Waals surface area contributed by atoms with Crippen LogP contribution in [0.1, 0.15) is 22.4 Å². The molecule has 26 heavy (non-hydrogen) atoms. The quantitative estimate of drug-likeness (QED) is 0.679. The van der Waals surface area contributed by atoms with Crippen LogP contribution in [0.25, 0.3) is 5.69 Å². The van der Waals surface area contributed by atoms with Gasteiger partial charge in [-0.3, -0.25) is 4.79 Å². The van der Waals surface area contributed by atoms with Crippen molar-refractivity contribution in [1.82, 2.24) is 24.8 Å². The van der Waals surface area contributed by atoms with Crippen molar-refractivity contribution < 1.29 is 14.1 Å². The van der Waals surface area contributed by atoms with Gasteiger partial charge < -0.3 is 14.2 Å². The molecule has 1 fully saturated rings. The molecule has 0 unspecified atom stereocenters. The Balaban J connectivity index is 1.60. The first-order chi connectivity index (χ1) is 12.6. The third kappa shape index (κ3) is 3.18. The van der Waals surface area contributed by atoms with Gasteiger partial charge in [0.05, 0.1) is 28.9 Å². The Morgan fingerprint density at radius 2 is 2.12 bits per heavy atom. The Kier molecular flexibility index (Phi) is 4.62. The van der Waals surface area contributed by atoms with Gasteiger partial charge in [-0.25, -0.2) is 4.68 Å². The van der Waals surface area contributed by atoms with E-state index in [0.717, 1.165) is 0 Å². The lowest BCUT2D eigenvalue weighted by atomic mass is 10.2. The first-order valence-corrected chi connectivity index (χ1v) is 8.55. The van der Waals surface area contributed by atoms with Crippen molar-refractivity contribution in [3.8, 4) is 5.69 Å². The molecule has 1 amide bonds. The normalized spacial score (nSPS) is 17.5. The van der Waals surface area contributed by atoms with E-state index in [9.17, 15) is 4.79 Å². The molecule has 0 radical (unpaired) electrons. The number of halogens is 2. The lowest BCUT2D eigenvalue weighted by molar-refractivity contribution is -0.00609. The number of ether oxygens (including phenoxy) is 1. The number of benzene rings is 1. The molecule has 1 atom stereocenters. The summed E-state index contributed by atoms with van der Waals surface area (Å²) in [6, 6.07) is 6.36. The zero-order valence-corrected chi connectivity index (χ0v) is 14.9. The lowest BCUT2D eigenvalue weighted by Gasteiger charge is -2.33. The monoisotopic (exact) mass is 393 g/mol. The van der Waals surface area contributed by atoms with Crippen LogP contribution in [-0.4, -0.2) is 50.5 Å². The van der Waals surface area contributed by atoms with Crippen molar-refractivity contribution in [2.75, 3.05) is 19.8 Å². The van der Waals surface area contributed by atoms with Crippen molar-refractivity contribution in [3.63, 3.8) is 0 Å². The standard InChI is InChI=1S/C16H13Cl2N5O3/c17-11-2-1-10(7-12(11)18)23-4-3-13(20-23)16(24)22-5-6-25-8-14(22)15-19-9-26-21-15/h1-4,7,9,14H,5-6,8H2/t14-/m1/s1. The maximum atomic E-state index is 12.9. The second-order valence-corrected chi connectivity index (χ2v) is 6.44. The summed E-state index contributed by atoms with van der Waals surface area (Å²) in [5, 5.41) is 9.05. The van der Waals surface area contributed by atoms with Gasteiger partial charge in [-0.1, -0.05) is 28.4 Å².